The Balaban J connectivity index is 2.07. The molecule has 2 heterocycles. The van der Waals surface area contributed by atoms with Crippen LogP contribution in [-0.4, -0.2) is 36.7 Å². The molecule has 28 heavy (non-hydrogen) atoms. The molecule has 0 spiro atoms. The van der Waals surface area contributed by atoms with E-state index in [4.69, 9.17) is 16.3 Å². The number of pyridine rings is 1. The van der Waals surface area contributed by atoms with Crippen molar-refractivity contribution in [2.45, 2.75) is 18.0 Å². The summed E-state index contributed by atoms with van der Waals surface area (Å²) < 4.78 is 42.6. The minimum atomic E-state index is -3.51. The van der Waals surface area contributed by atoms with Crippen molar-refractivity contribution >= 4 is 27.3 Å². The van der Waals surface area contributed by atoms with Crippen molar-refractivity contribution in [1.82, 2.24) is 15.0 Å². The quantitative estimate of drug-likeness (QED) is 0.628. The molecule has 1 aromatic carbocycles. The van der Waals surface area contributed by atoms with Gasteiger partial charge in [0.2, 0.25) is 0 Å². The first-order chi connectivity index (χ1) is 13.2. The molecule has 7 nitrogen and oxygen atoms in total. The maximum atomic E-state index is 13.6. The molecular weight excluding hydrogens is 407 g/mol. The van der Waals surface area contributed by atoms with E-state index >= 15 is 0 Å². The van der Waals surface area contributed by atoms with Gasteiger partial charge in [-0.2, -0.15) is 0 Å². The van der Waals surface area contributed by atoms with Gasteiger partial charge in [0.05, 0.1) is 24.0 Å². The molecule has 0 aliphatic heterocycles. The maximum absolute atomic E-state index is 13.6. The molecule has 2 N–H and O–H groups in total. The molecule has 148 valence electrons. The third-order valence-corrected chi connectivity index (χ3v) is 5.41. The average Bonchev–Trinajstić information content (AvgIpc) is 3.04. The lowest BCUT2D eigenvalue weighted by Gasteiger charge is -2.18. The largest absolute Gasteiger partial charge is 0.495 e. The van der Waals surface area contributed by atoms with E-state index in [-0.39, 0.29) is 10.0 Å². The van der Waals surface area contributed by atoms with Gasteiger partial charge in [-0.15, -0.1) is 0 Å². The summed E-state index contributed by atoms with van der Waals surface area (Å²) in [7, 11) is -1.98. The Morgan fingerprint density at radius 1 is 1.29 bits per heavy atom. The second-order valence-electron chi connectivity index (χ2n) is 6.16. The number of hydrogen-bond acceptors (Lipinski definition) is 6. The molecule has 3 rings (SSSR count). The zero-order valence-electron chi connectivity index (χ0n) is 15.3. The predicted octanol–water partition coefficient (Wildman–Crippen LogP) is 3.52. The van der Waals surface area contributed by atoms with Gasteiger partial charge in [0.1, 0.15) is 29.3 Å². The minimum absolute atomic E-state index is 0.0507. The van der Waals surface area contributed by atoms with Crippen LogP contribution >= 0.6 is 11.6 Å². The SMILES string of the molecule is COc1ccc(NC(c2ccc(F)c(Cl)c2)c2nc(S(C)(=O)=O)c(C)[nH]2)nc1. The first kappa shape index (κ1) is 20.1. The van der Waals surface area contributed by atoms with Crippen molar-refractivity contribution < 1.29 is 17.5 Å². The molecule has 0 saturated carbocycles. The summed E-state index contributed by atoms with van der Waals surface area (Å²) in [5.41, 5.74) is 0.984. The number of methoxy groups -OCH3 is 1. The zero-order chi connectivity index (χ0) is 20.5. The van der Waals surface area contributed by atoms with E-state index in [1.165, 1.54) is 25.4 Å². The monoisotopic (exact) mass is 424 g/mol. The predicted molar refractivity (Wildman–Crippen MR) is 104 cm³/mol. The molecule has 0 aliphatic rings. The number of aromatic amines is 1. The van der Waals surface area contributed by atoms with E-state index in [9.17, 15) is 12.8 Å². The highest BCUT2D eigenvalue weighted by atomic mass is 35.5. The van der Waals surface area contributed by atoms with Crippen molar-refractivity contribution in [3.63, 3.8) is 0 Å². The molecule has 3 aromatic rings. The van der Waals surface area contributed by atoms with Crippen LogP contribution in [0.25, 0.3) is 0 Å². The molecule has 0 amide bonds. The van der Waals surface area contributed by atoms with E-state index < -0.39 is 21.7 Å². The fourth-order valence-electron chi connectivity index (χ4n) is 2.70. The first-order valence-corrected chi connectivity index (χ1v) is 10.4. The molecule has 2 aromatic heterocycles. The number of aromatic nitrogens is 3. The van der Waals surface area contributed by atoms with Gasteiger partial charge >= 0.3 is 0 Å². The summed E-state index contributed by atoms with van der Waals surface area (Å²) in [6, 6.07) is 7.01. The van der Waals surface area contributed by atoms with Gasteiger partial charge in [0.15, 0.2) is 14.9 Å². The topological polar surface area (TPSA) is 97.0 Å². The Morgan fingerprint density at radius 2 is 2.04 bits per heavy atom. The number of H-pyrrole nitrogens is 1. The highest BCUT2D eigenvalue weighted by molar-refractivity contribution is 7.90. The Hall–Kier alpha value is -2.65. The van der Waals surface area contributed by atoms with Crippen LogP contribution in [0.2, 0.25) is 5.02 Å². The number of hydrogen-bond donors (Lipinski definition) is 2. The van der Waals surface area contributed by atoms with Crippen LogP contribution in [0.3, 0.4) is 0 Å². The highest BCUT2D eigenvalue weighted by Crippen LogP contribution is 2.29. The number of anilines is 1. The highest BCUT2D eigenvalue weighted by Gasteiger charge is 2.24. The van der Waals surface area contributed by atoms with Crippen molar-refractivity contribution in [3.8, 4) is 5.75 Å². The third-order valence-electron chi connectivity index (χ3n) is 4.02. The zero-order valence-corrected chi connectivity index (χ0v) is 16.9. The van der Waals surface area contributed by atoms with Gasteiger partial charge in [-0.1, -0.05) is 17.7 Å². The van der Waals surface area contributed by atoms with Crippen LogP contribution in [0, 0.1) is 12.7 Å². The van der Waals surface area contributed by atoms with Crippen molar-refractivity contribution in [1.29, 1.82) is 0 Å². The Kier molecular flexibility index (Phi) is 5.57. The number of nitrogens with one attached hydrogen (secondary N) is 2. The maximum Gasteiger partial charge on any atom is 0.194 e. The molecule has 0 aliphatic carbocycles. The smallest absolute Gasteiger partial charge is 0.194 e. The summed E-state index contributed by atoms with van der Waals surface area (Å²) >= 11 is 5.94. The Morgan fingerprint density at radius 3 is 2.57 bits per heavy atom. The molecule has 0 bridgehead atoms. The van der Waals surface area contributed by atoms with E-state index in [1.807, 2.05) is 0 Å². The van der Waals surface area contributed by atoms with E-state index in [2.05, 4.69) is 20.3 Å². The number of sulfone groups is 1. The molecule has 1 unspecified atom stereocenters. The van der Waals surface area contributed by atoms with E-state index in [0.29, 0.717) is 28.6 Å². The lowest BCUT2D eigenvalue weighted by atomic mass is 10.1. The minimum Gasteiger partial charge on any atom is -0.495 e. The van der Waals surface area contributed by atoms with Crippen molar-refractivity contribution in [3.05, 3.63) is 64.5 Å². The van der Waals surface area contributed by atoms with Gasteiger partial charge in [0, 0.05) is 6.26 Å². The van der Waals surface area contributed by atoms with Crippen LogP contribution in [-0.2, 0) is 9.84 Å². The lowest BCUT2D eigenvalue weighted by molar-refractivity contribution is 0.413. The fraction of sp³-hybridized carbons (Fsp3) is 0.222. The van der Waals surface area contributed by atoms with Crippen LogP contribution in [0.15, 0.2) is 41.6 Å². The van der Waals surface area contributed by atoms with Crippen LogP contribution in [0.4, 0.5) is 10.2 Å². The molecule has 0 fully saturated rings. The fourth-order valence-corrected chi connectivity index (χ4v) is 3.76. The van der Waals surface area contributed by atoms with Gasteiger partial charge in [-0.05, 0) is 36.8 Å². The normalized spacial score (nSPS) is 12.6. The average molecular weight is 425 g/mol. The standard InChI is InChI=1S/C18H18ClFN4O3S/c1-10-18(28(3,25)26)24-17(22-10)16(11-4-6-14(20)13(19)8-11)23-15-7-5-12(27-2)9-21-15/h4-9,16H,1-3H3,(H,21,23)(H,22,24). The second-order valence-corrected chi connectivity index (χ2v) is 8.50. The number of ether oxygens (including phenoxy) is 1. The number of benzene rings is 1. The van der Waals surface area contributed by atoms with Gasteiger partial charge < -0.3 is 15.0 Å². The first-order valence-electron chi connectivity index (χ1n) is 8.17. The number of imidazole rings is 1. The number of nitrogens with zero attached hydrogens (tertiary/aromatic N) is 2. The molecule has 0 radical (unpaired) electrons. The summed E-state index contributed by atoms with van der Waals surface area (Å²) in [5, 5.41) is 3.06. The Labute approximate surface area is 166 Å². The number of aryl methyl sites for hydroxylation is 1. The van der Waals surface area contributed by atoms with Crippen LogP contribution < -0.4 is 10.1 Å². The summed E-state index contributed by atoms with van der Waals surface area (Å²) in [4.78, 5) is 11.5. The molecular formula is C18H18ClFN4O3S. The summed E-state index contributed by atoms with van der Waals surface area (Å²) in [5.74, 6) is 0.846. The second kappa shape index (κ2) is 7.76. The van der Waals surface area contributed by atoms with Gasteiger partial charge in [-0.3, -0.25) is 0 Å². The van der Waals surface area contributed by atoms with Crippen molar-refractivity contribution in [2.75, 3.05) is 18.7 Å². The van der Waals surface area contributed by atoms with Gasteiger partial charge in [-0.25, -0.2) is 22.8 Å². The lowest BCUT2D eigenvalue weighted by Crippen LogP contribution is -2.15. The van der Waals surface area contributed by atoms with Crippen LogP contribution in [0.5, 0.6) is 5.75 Å². The van der Waals surface area contributed by atoms with E-state index in [0.717, 1.165) is 6.26 Å². The van der Waals surface area contributed by atoms with Gasteiger partial charge in [0.25, 0.3) is 0 Å². The summed E-state index contributed by atoms with van der Waals surface area (Å²) in [6.45, 7) is 1.62. The van der Waals surface area contributed by atoms with E-state index in [1.54, 1.807) is 25.1 Å². The third kappa shape index (κ3) is 4.26. The molecule has 0 saturated heterocycles. The molecule has 1 atom stereocenters. The Bertz CT molecular complexity index is 1100. The summed E-state index contributed by atoms with van der Waals surface area (Å²) in [6.07, 6.45) is 2.62. The number of halogens is 2. The number of rotatable bonds is 6. The van der Waals surface area contributed by atoms with Crippen molar-refractivity contribution in [2.24, 2.45) is 0 Å². The van der Waals surface area contributed by atoms with Crippen LogP contribution in [0.1, 0.15) is 23.1 Å². The molecule has 10 heteroatoms.